The van der Waals surface area contributed by atoms with Crippen LogP contribution in [0.25, 0.3) is 0 Å². The minimum absolute atomic E-state index is 0.0977. The number of carboxylic acids is 2. The van der Waals surface area contributed by atoms with Gasteiger partial charge < -0.3 is 20.0 Å². The number of sulfonamides is 1. The van der Waals surface area contributed by atoms with Crippen LogP contribution in [0.1, 0.15) is 0 Å². The molecule has 4 rings (SSSR count). The predicted octanol–water partition coefficient (Wildman–Crippen LogP) is 6.53. The van der Waals surface area contributed by atoms with Gasteiger partial charge in [0.1, 0.15) is 23.1 Å². The summed E-state index contributed by atoms with van der Waals surface area (Å²) in [4.78, 5) is 27.9. The second kappa shape index (κ2) is 19.4. The molecule has 4 N–H and O–H groups in total. The van der Waals surface area contributed by atoms with Gasteiger partial charge in [-0.3, -0.25) is 9.59 Å². The van der Waals surface area contributed by atoms with Crippen molar-refractivity contribution < 1.29 is 32.4 Å². The van der Waals surface area contributed by atoms with Crippen LogP contribution in [0.15, 0.2) is 127 Å². The Bertz CT molecular complexity index is 2030. The zero-order valence-electron chi connectivity index (χ0n) is 29.1. The maximum atomic E-state index is 13.0. The van der Waals surface area contributed by atoms with Crippen LogP contribution in [-0.4, -0.2) is 86.6 Å². The molecule has 0 spiro atoms. The summed E-state index contributed by atoms with van der Waals surface area (Å²) in [5, 5.41) is 36.1. The lowest BCUT2D eigenvalue weighted by atomic mass is 10.3. The first-order valence-corrected chi connectivity index (χ1v) is 20.8. The third-order valence-corrected chi connectivity index (χ3v) is 12.3. The third kappa shape index (κ3) is 12.8. The highest BCUT2D eigenvalue weighted by Crippen LogP contribution is 2.26. The van der Waals surface area contributed by atoms with Crippen molar-refractivity contribution in [2.45, 2.75) is 21.9 Å². The maximum absolute atomic E-state index is 13.0. The van der Waals surface area contributed by atoms with Crippen LogP contribution >= 0.6 is 21.6 Å². The Morgan fingerprint density at radius 2 is 1.00 bits per heavy atom. The summed E-state index contributed by atoms with van der Waals surface area (Å²) in [6.45, 7) is 0. The van der Waals surface area contributed by atoms with E-state index >= 15 is 0 Å². The zero-order chi connectivity index (χ0) is 38.5. The van der Waals surface area contributed by atoms with Crippen LogP contribution in [0.2, 0.25) is 0 Å². The van der Waals surface area contributed by atoms with Crippen molar-refractivity contribution in [3.63, 3.8) is 0 Å². The number of carboxylic acid groups (broad SMARTS) is 2. The quantitative estimate of drug-likeness (QED) is 0.0456. The molecule has 53 heavy (non-hydrogen) atoms. The zero-order valence-corrected chi connectivity index (χ0v) is 32.3. The van der Waals surface area contributed by atoms with Gasteiger partial charge in [-0.2, -0.15) is 25.2 Å². The van der Waals surface area contributed by atoms with Crippen molar-refractivity contribution in [1.29, 1.82) is 0 Å². The van der Waals surface area contributed by atoms with E-state index in [0.717, 1.165) is 33.0 Å². The van der Waals surface area contributed by atoms with Crippen molar-refractivity contribution in [1.82, 2.24) is 9.44 Å². The van der Waals surface area contributed by atoms with Crippen molar-refractivity contribution >= 4 is 88.7 Å². The van der Waals surface area contributed by atoms with Crippen molar-refractivity contribution in [2.24, 2.45) is 20.5 Å². The van der Waals surface area contributed by atoms with Crippen molar-refractivity contribution in [3.8, 4) is 0 Å². The fourth-order valence-corrected chi connectivity index (χ4v) is 8.86. The molecule has 0 saturated heterocycles. The summed E-state index contributed by atoms with van der Waals surface area (Å²) in [6, 6.07) is 23.9. The Morgan fingerprint density at radius 3 is 1.38 bits per heavy atom. The van der Waals surface area contributed by atoms with E-state index in [4.69, 9.17) is 0 Å². The van der Waals surface area contributed by atoms with Gasteiger partial charge in [0.2, 0.25) is 10.0 Å². The topological polar surface area (TPSA) is 206 Å². The second-order valence-electron chi connectivity index (χ2n) is 11.6. The first-order valence-electron chi connectivity index (χ1n) is 15.7. The Hall–Kier alpha value is -4.66. The molecule has 280 valence electrons. The molecule has 0 aliphatic rings. The van der Waals surface area contributed by atoms with Crippen LogP contribution in [0.4, 0.5) is 34.1 Å². The van der Waals surface area contributed by atoms with Gasteiger partial charge in [-0.05, 0) is 97.1 Å². The van der Waals surface area contributed by atoms with Gasteiger partial charge in [-0.1, -0.05) is 21.6 Å². The Kier molecular flexibility index (Phi) is 15.1. The molecular weight excluding hydrogens is 761 g/mol. The number of anilines is 2. The minimum atomic E-state index is -4.23. The smallest absolute Gasteiger partial charge is 0.322 e. The molecule has 0 saturated carbocycles. The highest BCUT2D eigenvalue weighted by molar-refractivity contribution is 8.76. The molecule has 3 unspecified atom stereocenters. The van der Waals surface area contributed by atoms with Crippen LogP contribution in [0.3, 0.4) is 0 Å². The fraction of sp³-hybridized carbons (Fsp3) is 0.235. The fourth-order valence-electron chi connectivity index (χ4n) is 4.19. The predicted molar refractivity (Wildman–Crippen MR) is 210 cm³/mol. The van der Waals surface area contributed by atoms with E-state index in [2.05, 4.69) is 29.9 Å². The summed E-state index contributed by atoms with van der Waals surface area (Å²) < 4.78 is 43.6. The monoisotopic (exact) mass is 798 g/mol. The van der Waals surface area contributed by atoms with Crippen LogP contribution < -0.4 is 19.2 Å². The van der Waals surface area contributed by atoms with Crippen LogP contribution in [-0.2, 0) is 30.6 Å². The summed E-state index contributed by atoms with van der Waals surface area (Å²) >= 11 is 0. The van der Waals surface area contributed by atoms with E-state index in [1.165, 1.54) is 24.3 Å². The largest absolute Gasteiger partial charge is 0.480 e. The lowest BCUT2D eigenvalue weighted by Gasteiger charge is -2.16. The third-order valence-electron chi connectivity index (χ3n) is 7.19. The highest BCUT2D eigenvalue weighted by Gasteiger charge is 2.27. The summed E-state index contributed by atoms with van der Waals surface area (Å²) in [7, 11) is 3.55. The van der Waals surface area contributed by atoms with E-state index in [0.29, 0.717) is 27.6 Å². The summed E-state index contributed by atoms with van der Waals surface area (Å²) in [5.41, 5.74) is 4.19. The number of carbonyl (C=O) groups is 2. The summed E-state index contributed by atoms with van der Waals surface area (Å²) in [6.07, 6.45) is 0. The van der Waals surface area contributed by atoms with E-state index in [9.17, 15) is 32.4 Å². The molecular formula is C34H38N8O7S4. The summed E-state index contributed by atoms with van der Waals surface area (Å²) in [5.74, 6) is -2.99. The number of azo groups is 2. The van der Waals surface area contributed by atoms with Gasteiger partial charge in [0.05, 0.1) is 32.5 Å². The normalized spacial score (nSPS) is 13.5. The average Bonchev–Trinajstić information content (AvgIpc) is 3.14. The van der Waals surface area contributed by atoms with Gasteiger partial charge in [-0.25, -0.2) is 17.3 Å². The molecule has 0 radical (unpaired) electrons. The second-order valence-corrected chi connectivity index (χ2v) is 17.1. The molecule has 0 bridgehead atoms. The molecule has 4 aromatic carbocycles. The SMILES string of the molecule is CN(C)c1ccc(N=Nc2ccc(S(=O)NC(CSSCC(NS(=O)(=O)c3ccc(N=Nc4ccc(N(C)C)cc4)cc3)C(=O)O)C(=O)O)cc2)cc1. The molecule has 19 heteroatoms. The number of aliphatic carboxylic acids is 2. The van der Waals surface area contributed by atoms with Gasteiger partial charge in [0.25, 0.3) is 0 Å². The number of benzene rings is 4. The molecule has 0 aliphatic carbocycles. The van der Waals surface area contributed by atoms with Crippen LogP contribution in [0.5, 0.6) is 0 Å². The lowest BCUT2D eigenvalue weighted by molar-refractivity contribution is -0.139. The van der Waals surface area contributed by atoms with E-state index in [1.54, 1.807) is 36.4 Å². The Balaban J connectivity index is 1.26. The number of nitrogens with zero attached hydrogens (tertiary/aromatic N) is 6. The number of nitrogens with one attached hydrogen (secondary N) is 2. The lowest BCUT2D eigenvalue weighted by Crippen LogP contribution is -2.42. The first-order chi connectivity index (χ1) is 25.2. The minimum Gasteiger partial charge on any atom is -0.480 e. The highest BCUT2D eigenvalue weighted by atomic mass is 33.1. The van der Waals surface area contributed by atoms with Crippen LogP contribution in [0, 0.1) is 0 Å². The molecule has 0 amide bonds. The molecule has 0 fully saturated rings. The van der Waals surface area contributed by atoms with Crippen molar-refractivity contribution in [2.75, 3.05) is 49.5 Å². The van der Waals surface area contributed by atoms with Gasteiger partial charge >= 0.3 is 11.9 Å². The molecule has 0 aromatic heterocycles. The van der Waals surface area contributed by atoms with Gasteiger partial charge in [0.15, 0.2) is 0 Å². The van der Waals surface area contributed by atoms with E-state index in [1.807, 2.05) is 74.4 Å². The first kappa shape index (κ1) is 41.1. The number of hydrogen-bond donors (Lipinski definition) is 4. The van der Waals surface area contributed by atoms with Crippen molar-refractivity contribution in [3.05, 3.63) is 97.1 Å². The average molecular weight is 799 g/mol. The molecule has 4 aromatic rings. The standard InChI is InChI=1S/C34H38N8O7S4/c1-41(2)27-13-5-23(6-14-27)35-37-25-9-17-29(18-10-25)52(47)39-31(33(43)44)21-50-51-22-32(34(45)46)40-53(48,49)30-19-11-26(12-20-30)38-36-24-7-15-28(16-8-24)42(3)4/h5-20,31-32,39-40H,21-22H2,1-4H3,(H,43,44)(H,45,46). The Labute approximate surface area is 318 Å². The number of rotatable bonds is 19. The molecule has 15 nitrogen and oxygen atoms in total. The molecule has 3 atom stereocenters. The van der Waals surface area contributed by atoms with Gasteiger partial charge in [0, 0.05) is 51.1 Å². The Morgan fingerprint density at radius 1 is 0.642 bits per heavy atom. The van der Waals surface area contributed by atoms with Gasteiger partial charge in [-0.15, -0.1) is 0 Å². The maximum Gasteiger partial charge on any atom is 0.322 e. The van der Waals surface area contributed by atoms with E-state index in [-0.39, 0.29) is 16.4 Å². The van der Waals surface area contributed by atoms with E-state index < -0.39 is 45.0 Å². The molecule has 0 heterocycles. The number of hydrogen-bond acceptors (Lipinski definition) is 13. The molecule has 0 aliphatic heterocycles.